The van der Waals surface area contributed by atoms with Gasteiger partial charge >= 0.3 is 5.97 Å². The first kappa shape index (κ1) is 9.26. The molecular weight excluding hydrogens is 156 g/mol. The van der Waals surface area contributed by atoms with Crippen molar-refractivity contribution in [2.75, 3.05) is 13.2 Å². The largest absolute Gasteiger partial charge is 0.478 e. The van der Waals surface area contributed by atoms with Gasteiger partial charge in [-0.05, 0) is 19.8 Å². The van der Waals surface area contributed by atoms with Crippen LogP contribution >= 0.6 is 0 Å². The summed E-state index contributed by atoms with van der Waals surface area (Å²) in [5, 5.41) is 8.68. The zero-order valence-electron chi connectivity index (χ0n) is 7.25. The van der Waals surface area contributed by atoms with E-state index < -0.39 is 5.97 Å². The van der Waals surface area contributed by atoms with Crippen molar-refractivity contribution in [3.8, 4) is 0 Å². The van der Waals surface area contributed by atoms with Crippen LogP contribution in [0.2, 0.25) is 0 Å². The summed E-state index contributed by atoms with van der Waals surface area (Å²) in [4.78, 5) is 10.5. The van der Waals surface area contributed by atoms with Gasteiger partial charge in [-0.1, -0.05) is 6.08 Å². The summed E-state index contributed by atoms with van der Waals surface area (Å²) in [5.41, 5.74) is 0.516. The molecule has 0 spiro atoms. The SMILES string of the molecule is CC=C(CCC1COC1)C(=O)O. The number of rotatable bonds is 4. The summed E-state index contributed by atoms with van der Waals surface area (Å²) >= 11 is 0. The van der Waals surface area contributed by atoms with E-state index in [0.717, 1.165) is 19.6 Å². The van der Waals surface area contributed by atoms with Crippen LogP contribution in [0.15, 0.2) is 11.6 Å². The van der Waals surface area contributed by atoms with Gasteiger partial charge in [0.1, 0.15) is 0 Å². The van der Waals surface area contributed by atoms with Gasteiger partial charge in [0.05, 0.1) is 13.2 Å². The smallest absolute Gasteiger partial charge is 0.331 e. The van der Waals surface area contributed by atoms with Gasteiger partial charge in [-0.2, -0.15) is 0 Å². The minimum Gasteiger partial charge on any atom is -0.478 e. The van der Waals surface area contributed by atoms with E-state index in [1.165, 1.54) is 0 Å². The standard InChI is InChI=1S/C9H14O3/c1-2-8(9(10)11)4-3-7-5-12-6-7/h2,7H,3-6H2,1H3,(H,10,11). The third-order valence-corrected chi connectivity index (χ3v) is 2.15. The normalized spacial score (nSPS) is 18.9. The highest BCUT2D eigenvalue weighted by atomic mass is 16.5. The molecule has 1 rings (SSSR count). The Morgan fingerprint density at radius 3 is 2.67 bits per heavy atom. The van der Waals surface area contributed by atoms with Gasteiger partial charge in [0.15, 0.2) is 0 Å². The van der Waals surface area contributed by atoms with Gasteiger partial charge < -0.3 is 9.84 Å². The Hall–Kier alpha value is -0.830. The van der Waals surface area contributed by atoms with Crippen molar-refractivity contribution < 1.29 is 14.6 Å². The van der Waals surface area contributed by atoms with Gasteiger partial charge in [0.2, 0.25) is 0 Å². The molecule has 0 radical (unpaired) electrons. The molecule has 1 heterocycles. The number of ether oxygens (including phenoxy) is 1. The fraction of sp³-hybridized carbons (Fsp3) is 0.667. The summed E-state index contributed by atoms with van der Waals surface area (Å²) in [6, 6.07) is 0. The maximum absolute atomic E-state index is 10.5. The molecule has 1 aliphatic heterocycles. The van der Waals surface area contributed by atoms with Crippen LogP contribution in [0.25, 0.3) is 0 Å². The lowest BCUT2D eigenvalue weighted by Gasteiger charge is -2.25. The molecule has 1 aliphatic rings. The predicted octanol–water partition coefficient (Wildman–Crippen LogP) is 1.44. The molecule has 0 saturated carbocycles. The van der Waals surface area contributed by atoms with Crippen LogP contribution in [-0.4, -0.2) is 24.3 Å². The van der Waals surface area contributed by atoms with Gasteiger partial charge in [-0.3, -0.25) is 0 Å². The lowest BCUT2D eigenvalue weighted by Crippen LogP contribution is -2.27. The monoisotopic (exact) mass is 170 g/mol. The number of aliphatic carboxylic acids is 1. The molecule has 0 amide bonds. The molecular formula is C9H14O3. The van der Waals surface area contributed by atoms with Crippen LogP contribution in [0.4, 0.5) is 0 Å². The molecule has 1 fully saturated rings. The first-order valence-corrected chi connectivity index (χ1v) is 4.20. The first-order valence-electron chi connectivity index (χ1n) is 4.20. The number of hydrogen-bond acceptors (Lipinski definition) is 2. The van der Waals surface area contributed by atoms with E-state index in [9.17, 15) is 4.79 Å². The first-order chi connectivity index (χ1) is 5.74. The average Bonchev–Trinajstić information content (AvgIpc) is 1.93. The fourth-order valence-corrected chi connectivity index (χ4v) is 1.19. The highest BCUT2D eigenvalue weighted by Crippen LogP contribution is 2.19. The minimum absolute atomic E-state index is 0.516. The average molecular weight is 170 g/mol. The Morgan fingerprint density at radius 2 is 2.33 bits per heavy atom. The second-order valence-electron chi connectivity index (χ2n) is 3.06. The molecule has 68 valence electrons. The van der Waals surface area contributed by atoms with Gasteiger partial charge in [0, 0.05) is 11.5 Å². The summed E-state index contributed by atoms with van der Waals surface area (Å²) in [5.74, 6) is -0.211. The van der Waals surface area contributed by atoms with E-state index in [2.05, 4.69) is 0 Å². The van der Waals surface area contributed by atoms with E-state index in [0.29, 0.717) is 17.9 Å². The molecule has 0 unspecified atom stereocenters. The number of allylic oxidation sites excluding steroid dienone is 1. The fourth-order valence-electron chi connectivity index (χ4n) is 1.19. The van der Waals surface area contributed by atoms with E-state index in [-0.39, 0.29) is 0 Å². The van der Waals surface area contributed by atoms with Gasteiger partial charge in [-0.15, -0.1) is 0 Å². The lowest BCUT2D eigenvalue weighted by molar-refractivity contribution is -0.133. The molecule has 3 nitrogen and oxygen atoms in total. The van der Waals surface area contributed by atoms with E-state index >= 15 is 0 Å². The molecule has 0 atom stereocenters. The van der Waals surface area contributed by atoms with Gasteiger partial charge in [0.25, 0.3) is 0 Å². The zero-order chi connectivity index (χ0) is 8.97. The Labute approximate surface area is 72.0 Å². The second kappa shape index (κ2) is 4.26. The summed E-state index contributed by atoms with van der Waals surface area (Å²) < 4.78 is 4.99. The van der Waals surface area contributed by atoms with Crippen molar-refractivity contribution in [1.82, 2.24) is 0 Å². The number of carboxylic acids is 1. The Kier molecular flexibility index (Phi) is 3.29. The van der Waals surface area contributed by atoms with Crippen molar-refractivity contribution in [3.63, 3.8) is 0 Å². The van der Waals surface area contributed by atoms with Crippen molar-refractivity contribution in [2.24, 2.45) is 5.92 Å². The van der Waals surface area contributed by atoms with Crippen LogP contribution in [0.3, 0.4) is 0 Å². The maximum atomic E-state index is 10.5. The second-order valence-corrected chi connectivity index (χ2v) is 3.06. The molecule has 0 bridgehead atoms. The minimum atomic E-state index is -0.794. The molecule has 3 heteroatoms. The van der Waals surface area contributed by atoms with E-state index in [1.54, 1.807) is 13.0 Å². The highest BCUT2D eigenvalue weighted by Gasteiger charge is 2.19. The van der Waals surface area contributed by atoms with Crippen LogP contribution in [-0.2, 0) is 9.53 Å². The highest BCUT2D eigenvalue weighted by molar-refractivity contribution is 5.86. The maximum Gasteiger partial charge on any atom is 0.331 e. The summed E-state index contributed by atoms with van der Waals surface area (Å²) in [6.07, 6.45) is 3.27. The molecule has 0 aromatic heterocycles. The molecule has 12 heavy (non-hydrogen) atoms. The van der Waals surface area contributed by atoms with Crippen LogP contribution in [0, 0.1) is 5.92 Å². The molecule has 0 aromatic rings. The Morgan fingerprint density at radius 1 is 1.67 bits per heavy atom. The predicted molar refractivity (Wildman–Crippen MR) is 44.9 cm³/mol. The number of carbonyl (C=O) groups is 1. The molecule has 1 N–H and O–H groups in total. The molecule has 1 saturated heterocycles. The third kappa shape index (κ3) is 2.34. The number of hydrogen-bond donors (Lipinski definition) is 1. The Bertz CT molecular complexity index is 192. The molecule has 0 aromatic carbocycles. The molecule has 0 aliphatic carbocycles. The van der Waals surface area contributed by atoms with Crippen molar-refractivity contribution in [2.45, 2.75) is 19.8 Å². The van der Waals surface area contributed by atoms with E-state index in [1.807, 2.05) is 0 Å². The van der Waals surface area contributed by atoms with Crippen molar-refractivity contribution in [3.05, 3.63) is 11.6 Å². The summed E-state index contributed by atoms with van der Waals surface area (Å²) in [6.45, 7) is 3.37. The van der Waals surface area contributed by atoms with Gasteiger partial charge in [-0.25, -0.2) is 4.79 Å². The quantitative estimate of drug-likeness (QED) is 0.649. The topological polar surface area (TPSA) is 46.5 Å². The number of carboxylic acid groups (broad SMARTS) is 1. The van der Waals surface area contributed by atoms with Crippen molar-refractivity contribution >= 4 is 5.97 Å². The van der Waals surface area contributed by atoms with Crippen LogP contribution < -0.4 is 0 Å². The lowest BCUT2D eigenvalue weighted by atomic mass is 9.98. The Balaban J connectivity index is 2.23. The van der Waals surface area contributed by atoms with E-state index in [4.69, 9.17) is 9.84 Å². The zero-order valence-corrected chi connectivity index (χ0v) is 7.25. The van der Waals surface area contributed by atoms with Crippen molar-refractivity contribution in [1.29, 1.82) is 0 Å². The third-order valence-electron chi connectivity index (χ3n) is 2.15. The summed E-state index contributed by atoms with van der Waals surface area (Å²) in [7, 11) is 0. The van der Waals surface area contributed by atoms with Crippen LogP contribution in [0.1, 0.15) is 19.8 Å². The van der Waals surface area contributed by atoms with Crippen LogP contribution in [0.5, 0.6) is 0 Å².